The summed E-state index contributed by atoms with van der Waals surface area (Å²) in [5, 5.41) is 25.1. The van der Waals surface area contributed by atoms with Crippen LogP contribution in [0.2, 0.25) is 0 Å². The van der Waals surface area contributed by atoms with Gasteiger partial charge in [0.1, 0.15) is 0 Å². The fraction of sp³-hybridized carbons (Fsp3) is 0.250. The number of hydrogen-bond donors (Lipinski definition) is 2. The van der Waals surface area contributed by atoms with E-state index < -0.39 is 6.29 Å². The first kappa shape index (κ1) is 32.3. The van der Waals surface area contributed by atoms with Gasteiger partial charge in [0, 0.05) is 35.5 Å². The minimum absolute atomic E-state index is 0.0418. The number of carbonyl (C=O) groups is 2. The molecule has 0 spiro atoms. The van der Waals surface area contributed by atoms with Crippen LogP contribution in [0.25, 0.3) is 0 Å². The van der Waals surface area contributed by atoms with Crippen molar-refractivity contribution in [3.63, 3.8) is 0 Å². The number of rotatable bonds is 11. The number of anilines is 1. The molecule has 47 heavy (non-hydrogen) atoms. The topological polar surface area (TPSA) is 128 Å². The predicted molar refractivity (Wildman–Crippen MR) is 178 cm³/mol. The Morgan fingerprint density at radius 3 is 2.28 bits per heavy atom. The Morgan fingerprint density at radius 2 is 1.60 bits per heavy atom. The number of benzene rings is 4. The SMILES string of the molecule is CC(=O)c1cccc(NC(=O)Cc2ccc(C3OC(CSc4nnnn4C)C(c4ccccc4)C(c4ccc(CO)cc4)O3)cc2)c1. The van der Waals surface area contributed by atoms with Crippen LogP contribution in [-0.4, -0.2) is 48.9 Å². The molecule has 240 valence electrons. The number of aliphatic hydroxyl groups is 1. The van der Waals surface area contributed by atoms with Crippen molar-refractivity contribution < 1.29 is 24.2 Å². The Balaban J connectivity index is 1.25. The number of aliphatic hydroxyl groups excluding tert-OH is 1. The second kappa shape index (κ2) is 14.8. The first-order valence-electron chi connectivity index (χ1n) is 15.3. The molecule has 4 aromatic carbocycles. The van der Waals surface area contributed by atoms with Gasteiger partial charge in [-0.05, 0) is 51.7 Å². The minimum atomic E-state index is -0.683. The molecule has 2 N–H and O–H groups in total. The first-order chi connectivity index (χ1) is 22.9. The monoisotopic (exact) mass is 649 g/mol. The van der Waals surface area contributed by atoms with Crippen molar-refractivity contribution in [3.8, 4) is 0 Å². The normalized spacial score (nSPS) is 19.3. The standard InChI is InChI=1S/C36H35N5O5S/c1-23(43)29-9-6-10-30(20-29)37-32(44)19-24-11-17-28(18-12-24)35-45-31(22-47-36-38-39-40-41(36)2)33(26-7-4-3-5-8-26)34(46-35)27-15-13-25(21-42)14-16-27/h3-18,20,31,33-35,42H,19,21-22H2,1-2H3,(H,37,44). The van der Waals surface area contributed by atoms with Crippen LogP contribution in [-0.2, 0) is 34.3 Å². The number of Topliss-reactive ketones (excluding diaryl/α,β-unsaturated/α-hetero) is 1. The third-order valence-electron chi connectivity index (χ3n) is 8.10. The van der Waals surface area contributed by atoms with Crippen LogP contribution in [0.15, 0.2) is 108 Å². The number of nitrogens with zero attached hydrogens (tertiary/aromatic N) is 4. The Hall–Kier alpha value is -4.68. The summed E-state index contributed by atoms with van der Waals surface area (Å²) in [6, 6.07) is 32.6. The molecular formula is C36H35N5O5S. The van der Waals surface area contributed by atoms with Crippen LogP contribution in [0.3, 0.4) is 0 Å². The summed E-state index contributed by atoms with van der Waals surface area (Å²) in [4.78, 5) is 24.5. The molecule has 0 bridgehead atoms. The average Bonchev–Trinajstić information content (AvgIpc) is 3.52. The van der Waals surface area contributed by atoms with Gasteiger partial charge in [-0.15, -0.1) is 5.10 Å². The van der Waals surface area contributed by atoms with Crippen LogP contribution >= 0.6 is 11.8 Å². The summed E-state index contributed by atoms with van der Waals surface area (Å²) in [5.74, 6) is 0.179. The number of thioether (sulfide) groups is 1. The average molecular weight is 650 g/mol. The second-order valence-corrected chi connectivity index (χ2v) is 12.4. The van der Waals surface area contributed by atoms with Gasteiger partial charge >= 0.3 is 0 Å². The summed E-state index contributed by atoms with van der Waals surface area (Å²) in [6.07, 6.45) is -1.16. The van der Waals surface area contributed by atoms with E-state index in [1.54, 1.807) is 36.0 Å². The smallest absolute Gasteiger partial charge is 0.228 e. The van der Waals surface area contributed by atoms with E-state index in [4.69, 9.17) is 9.47 Å². The number of amides is 1. The molecule has 11 heteroatoms. The van der Waals surface area contributed by atoms with Gasteiger partial charge in [-0.3, -0.25) is 9.59 Å². The zero-order valence-corrected chi connectivity index (χ0v) is 26.8. The molecule has 4 atom stereocenters. The summed E-state index contributed by atoms with van der Waals surface area (Å²) in [6.45, 7) is 1.45. The van der Waals surface area contributed by atoms with Gasteiger partial charge in [0.25, 0.3) is 0 Å². The quantitative estimate of drug-likeness (QED) is 0.134. The molecule has 1 fully saturated rings. The second-order valence-electron chi connectivity index (χ2n) is 11.4. The number of nitrogens with one attached hydrogen (secondary N) is 1. The van der Waals surface area contributed by atoms with Crippen molar-refractivity contribution in [1.29, 1.82) is 0 Å². The maximum atomic E-state index is 12.8. The predicted octanol–water partition coefficient (Wildman–Crippen LogP) is 5.82. The molecule has 0 aliphatic carbocycles. The molecule has 0 radical (unpaired) electrons. The van der Waals surface area contributed by atoms with Gasteiger partial charge in [0.2, 0.25) is 11.1 Å². The largest absolute Gasteiger partial charge is 0.392 e. The lowest BCUT2D eigenvalue weighted by molar-refractivity contribution is -0.255. The highest BCUT2D eigenvalue weighted by Crippen LogP contribution is 2.47. The third-order valence-corrected chi connectivity index (χ3v) is 9.20. The Bertz CT molecular complexity index is 1810. The van der Waals surface area contributed by atoms with Gasteiger partial charge in [-0.2, -0.15) is 0 Å². The van der Waals surface area contributed by atoms with Gasteiger partial charge in [-0.1, -0.05) is 103 Å². The lowest BCUT2D eigenvalue weighted by Gasteiger charge is -2.43. The zero-order chi connectivity index (χ0) is 32.8. The fourth-order valence-corrected chi connectivity index (χ4v) is 6.57. The number of aryl methyl sites for hydroxylation is 1. The minimum Gasteiger partial charge on any atom is -0.392 e. The highest BCUT2D eigenvalue weighted by atomic mass is 32.2. The fourth-order valence-electron chi connectivity index (χ4n) is 5.65. The van der Waals surface area contributed by atoms with Crippen LogP contribution < -0.4 is 5.32 Å². The Kier molecular flexibility index (Phi) is 10.2. The molecule has 1 aliphatic heterocycles. The number of tetrazole rings is 1. The molecule has 6 rings (SSSR count). The zero-order valence-electron chi connectivity index (χ0n) is 26.0. The molecular weight excluding hydrogens is 614 g/mol. The molecule has 2 heterocycles. The van der Waals surface area contributed by atoms with Crippen molar-refractivity contribution in [2.75, 3.05) is 11.1 Å². The summed E-state index contributed by atoms with van der Waals surface area (Å²) in [5.41, 5.74) is 5.65. The first-order valence-corrected chi connectivity index (χ1v) is 16.3. The summed E-state index contributed by atoms with van der Waals surface area (Å²) < 4.78 is 15.1. The lowest BCUT2D eigenvalue weighted by atomic mass is 9.84. The van der Waals surface area contributed by atoms with E-state index in [1.165, 1.54) is 18.7 Å². The molecule has 4 unspecified atom stereocenters. The van der Waals surface area contributed by atoms with Crippen LogP contribution in [0, 0.1) is 0 Å². The van der Waals surface area contributed by atoms with Gasteiger partial charge < -0.3 is 19.9 Å². The van der Waals surface area contributed by atoms with Crippen LogP contribution in [0.5, 0.6) is 0 Å². The molecule has 5 aromatic rings. The van der Waals surface area contributed by atoms with Gasteiger partial charge in [0.15, 0.2) is 12.1 Å². The van der Waals surface area contributed by atoms with Gasteiger partial charge in [0.05, 0.1) is 25.2 Å². The van der Waals surface area contributed by atoms with Crippen LogP contribution in [0.4, 0.5) is 5.69 Å². The van der Waals surface area contributed by atoms with E-state index in [1.807, 2.05) is 66.7 Å². The van der Waals surface area contributed by atoms with Crippen molar-refractivity contribution >= 4 is 29.1 Å². The van der Waals surface area contributed by atoms with Crippen molar-refractivity contribution in [1.82, 2.24) is 20.2 Å². The molecule has 1 saturated heterocycles. The van der Waals surface area contributed by atoms with E-state index in [2.05, 4.69) is 33.0 Å². The molecule has 1 aromatic heterocycles. The van der Waals surface area contributed by atoms with E-state index in [9.17, 15) is 14.7 Å². The lowest BCUT2D eigenvalue weighted by Crippen LogP contribution is -2.38. The van der Waals surface area contributed by atoms with Crippen molar-refractivity contribution in [2.45, 2.75) is 49.5 Å². The highest BCUT2D eigenvalue weighted by molar-refractivity contribution is 7.99. The number of ketones is 1. The molecule has 0 saturated carbocycles. The summed E-state index contributed by atoms with van der Waals surface area (Å²) in [7, 11) is 1.81. The molecule has 1 aliphatic rings. The maximum absolute atomic E-state index is 12.8. The van der Waals surface area contributed by atoms with E-state index in [0.717, 1.165) is 27.8 Å². The highest BCUT2D eigenvalue weighted by Gasteiger charge is 2.42. The van der Waals surface area contributed by atoms with E-state index >= 15 is 0 Å². The molecule has 10 nitrogen and oxygen atoms in total. The van der Waals surface area contributed by atoms with Crippen LogP contribution in [0.1, 0.15) is 63.4 Å². The van der Waals surface area contributed by atoms with Crippen molar-refractivity contribution in [3.05, 3.63) is 137 Å². The Labute approximate surface area is 277 Å². The number of carbonyl (C=O) groups excluding carboxylic acids is 2. The maximum Gasteiger partial charge on any atom is 0.228 e. The Morgan fingerprint density at radius 1 is 0.872 bits per heavy atom. The summed E-state index contributed by atoms with van der Waals surface area (Å²) >= 11 is 1.52. The number of hydrogen-bond acceptors (Lipinski definition) is 9. The van der Waals surface area contributed by atoms with E-state index in [-0.39, 0.29) is 42.8 Å². The van der Waals surface area contributed by atoms with Crippen molar-refractivity contribution in [2.24, 2.45) is 7.05 Å². The third kappa shape index (κ3) is 7.83. The van der Waals surface area contributed by atoms with Gasteiger partial charge in [-0.25, -0.2) is 4.68 Å². The molecule has 1 amide bonds. The number of ether oxygens (including phenoxy) is 2. The number of aromatic nitrogens is 4. The van der Waals surface area contributed by atoms with E-state index in [0.29, 0.717) is 22.2 Å².